The van der Waals surface area contributed by atoms with Gasteiger partial charge in [-0.15, -0.1) is 6.58 Å². The van der Waals surface area contributed by atoms with Gasteiger partial charge in [-0.25, -0.2) is 0 Å². The highest BCUT2D eigenvalue weighted by Gasteiger charge is 2.19. The highest BCUT2D eigenvalue weighted by molar-refractivity contribution is 4.93. The van der Waals surface area contributed by atoms with Crippen LogP contribution in [0.2, 0.25) is 0 Å². The van der Waals surface area contributed by atoms with Crippen molar-refractivity contribution in [1.29, 1.82) is 0 Å². The van der Waals surface area contributed by atoms with Gasteiger partial charge in [0.05, 0.1) is 0 Å². The zero-order valence-corrected chi connectivity index (χ0v) is 8.68. The Morgan fingerprint density at radius 2 is 2.15 bits per heavy atom. The van der Waals surface area contributed by atoms with Crippen molar-refractivity contribution >= 4 is 0 Å². The summed E-state index contributed by atoms with van der Waals surface area (Å²) in [7, 11) is 0. The maximum atomic E-state index is 5.51. The SMILES string of the molecule is C=C(C)CC(CC1CCCC1)NN. The van der Waals surface area contributed by atoms with Gasteiger partial charge in [-0.1, -0.05) is 31.3 Å². The maximum absolute atomic E-state index is 5.51. The summed E-state index contributed by atoms with van der Waals surface area (Å²) in [5, 5.41) is 0. The first kappa shape index (κ1) is 10.7. The number of hydrazine groups is 1. The molecule has 1 rings (SSSR count). The Morgan fingerprint density at radius 1 is 1.54 bits per heavy atom. The van der Waals surface area contributed by atoms with Crippen molar-refractivity contribution < 1.29 is 0 Å². The minimum atomic E-state index is 0.445. The third kappa shape index (κ3) is 3.92. The molecule has 1 saturated carbocycles. The van der Waals surface area contributed by atoms with E-state index in [0.29, 0.717) is 6.04 Å². The molecule has 1 atom stereocenters. The molecule has 13 heavy (non-hydrogen) atoms. The topological polar surface area (TPSA) is 38.0 Å². The van der Waals surface area contributed by atoms with E-state index in [-0.39, 0.29) is 0 Å². The van der Waals surface area contributed by atoms with Crippen molar-refractivity contribution in [3.05, 3.63) is 12.2 Å². The Labute approximate surface area is 81.6 Å². The highest BCUT2D eigenvalue weighted by atomic mass is 15.2. The summed E-state index contributed by atoms with van der Waals surface area (Å²) < 4.78 is 0. The molecule has 2 nitrogen and oxygen atoms in total. The average Bonchev–Trinajstić information content (AvgIpc) is 2.55. The number of nitrogens with two attached hydrogens (primary N) is 1. The van der Waals surface area contributed by atoms with E-state index in [1.54, 1.807) is 0 Å². The zero-order valence-electron chi connectivity index (χ0n) is 8.68. The molecule has 0 spiro atoms. The number of hydrogen-bond donors (Lipinski definition) is 2. The number of nitrogens with one attached hydrogen (secondary N) is 1. The van der Waals surface area contributed by atoms with E-state index in [0.717, 1.165) is 12.3 Å². The molecule has 0 heterocycles. The van der Waals surface area contributed by atoms with Crippen LogP contribution in [0.1, 0.15) is 45.4 Å². The predicted molar refractivity (Wildman–Crippen MR) is 57.1 cm³/mol. The molecule has 1 unspecified atom stereocenters. The van der Waals surface area contributed by atoms with E-state index >= 15 is 0 Å². The monoisotopic (exact) mass is 182 g/mol. The Hall–Kier alpha value is -0.340. The van der Waals surface area contributed by atoms with E-state index in [1.807, 2.05) is 0 Å². The van der Waals surface area contributed by atoms with Gasteiger partial charge in [0.25, 0.3) is 0 Å². The summed E-state index contributed by atoms with van der Waals surface area (Å²) in [6, 6.07) is 0.445. The van der Waals surface area contributed by atoms with Crippen LogP contribution in [0.5, 0.6) is 0 Å². The predicted octanol–water partition coefficient (Wildman–Crippen LogP) is 2.36. The number of rotatable bonds is 5. The molecule has 0 radical (unpaired) electrons. The third-order valence-electron chi connectivity index (χ3n) is 2.92. The fraction of sp³-hybridized carbons (Fsp3) is 0.818. The summed E-state index contributed by atoms with van der Waals surface area (Å²) in [5.74, 6) is 6.41. The van der Waals surface area contributed by atoms with Crippen LogP contribution in [0.15, 0.2) is 12.2 Å². The van der Waals surface area contributed by atoms with Crippen LogP contribution in [0.3, 0.4) is 0 Å². The second-order valence-electron chi connectivity index (χ2n) is 4.41. The van der Waals surface area contributed by atoms with Gasteiger partial charge in [0.2, 0.25) is 0 Å². The minimum absolute atomic E-state index is 0.445. The van der Waals surface area contributed by atoms with Gasteiger partial charge in [0.1, 0.15) is 0 Å². The summed E-state index contributed by atoms with van der Waals surface area (Å²) in [4.78, 5) is 0. The highest BCUT2D eigenvalue weighted by Crippen LogP contribution is 2.29. The summed E-state index contributed by atoms with van der Waals surface area (Å²) in [5.41, 5.74) is 4.12. The molecule has 1 aliphatic rings. The molecular weight excluding hydrogens is 160 g/mol. The molecule has 2 heteroatoms. The van der Waals surface area contributed by atoms with Crippen molar-refractivity contribution in [3.8, 4) is 0 Å². The van der Waals surface area contributed by atoms with Crippen molar-refractivity contribution in [1.82, 2.24) is 5.43 Å². The van der Waals surface area contributed by atoms with Crippen LogP contribution in [-0.2, 0) is 0 Å². The fourth-order valence-corrected chi connectivity index (χ4v) is 2.28. The fourth-order valence-electron chi connectivity index (χ4n) is 2.28. The molecule has 0 aromatic rings. The molecule has 1 aliphatic carbocycles. The van der Waals surface area contributed by atoms with Crippen LogP contribution in [0, 0.1) is 5.92 Å². The lowest BCUT2D eigenvalue weighted by Crippen LogP contribution is -2.36. The molecular formula is C11H22N2. The Bertz CT molecular complexity index is 159. The first-order valence-corrected chi connectivity index (χ1v) is 5.33. The van der Waals surface area contributed by atoms with E-state index < -0.39 is 0 Å². The Morgan fingerprint density at radius 3 is 2.62 bits per heavy atom. The summed E-state index contributed by atoms with van der Waals surface area (Å²) >= 11 is 0. The van der Waals surface area contributed by atoms with Crippen LogP contribution in [0.4, 0.5) is 0 Å². The van der Waals surface area contributed by atoms with E-state index in [4.69, 9.17) is 5.84 Å². The Kier molecular flexibility index (Phi) is 4.46. The second-order valence-corrected chi connectivity index (χ2v) is 4.41. The molecule has 0 amide bonds. The zero-order chi connectivity index (χ0) is 9.68. The molecule has 3 N–H and O–H groups in total. The van der Waals surface area contributed by atoms with Crippen LogP contribution in [-0.4, -0.2) is 6.04 Å². The summed E-state index contributed by atoms with van der Waals surface area (Å²) in [6.45, 7) is 5.99. The van der Waals surface area contributed by atoms with Crippen molar-refractivity contribution in [2.24, 2.45) is 11.8 Å². The van der Waals surface area contributed by atoms with E-state index in [9.17, 15) is 0 Å². The molecule has 1 fully saturated rings. The minimum Gasteiger partial charge on any atom is -0.271 e. The van der Waals surface area contributed by atoms with Crippen LogP contribution < -0.4 is 11.3 Å². The van der Waals surface area contributed by atoms with Gasteiger partial charge in [0, 0.05) is 6.04 Å². The van der Waals surface area contributed by atoms with E-state index in [2.05, 4.69) is 18.9 Å². The molecule has 0 aliphatic heterocycles. The molecule has 0 saturated heterocycles. The normalized spacial score (nSPS) is 20.5. The van der Waals surface area contributed by atoms with Gasteiger partial charge in [-0.05, 0) is 25.7 Å². The van der Waals surface area contributed by atoms with Gasteiger partial charge < -0.3 is 0 Å². The maximum Gasteiger partial charge on any atom is 0.0250 e. The largest absolute Gasteiger partial charge is 0.271 e. The van der Waals surface area contributed by atoms with Crippen molar-refractivity contribution in [2.75, 3.05) is 0 Å². The quantitative estimate of drug-likeness (QED) is 0.389. The first-order valence-electron chi connectivity index (χ1n) is 5.33. The second kappa shape index (κ2) is 5.40. The van der Waals surface area contributed by atoms with Crippen molar-refractivity contribution in [3.63, 3.8) is 0 Å². The van der Waals surface area contributed by atoms with E-state index in [1.165, 1.54) is 37.7 Å². The molecule has 0 aromatic carbocycles. The van der Waals surface area contributed by atoms with Gasteiger partial charge >= 0.3 is 0 Å². The van der Waals surface area contributed by atoms with Gasteiger partial charge in [-0.3, -0.25) is 11.3 Å². The lowest BCUT2D eigenvalue weighted by Gasteiger charge is -2.19. The average molecular weight is 182 g/mol. The first-order chi connectivity index (χ1) is 6.22. The number of hydrogen-bond acceptors (Lipinski definition) is 2. The van der Waals surface area contributed by atoms with Gasteiger partial charge in [-0.2, -0.15) is 0 Å². The third-order valence-corrected chi connectivity index (χ3v) is 2.92. The van der Waals surface area contributed by atoms with Crippen molar-refractivity contribution in [2.45, 2.75) is 51.5 Å². The lowest BCUT2D eigenvalue weighted by atomic mass is 9.95. The van der Waals surface area contributed by atoms with Crippen LogP contribution in [0.25, 0.3) is 0 Å². The molecule has 0 aromatic heterocycles. The molecule has 0 bridgehead atoms. The lowest BCUT2D eigenvalue weighted by molar-refractivity contribution is 0.389. The smallest absolute Gasteiger partial charge is 0.0250 e. The standard InChI is InChI=1S/C11H22N2/c1-9(2)7-11(13-12)8-10-5-3-4-6-10/h10-11,13H,1,3-8,12H2,2H3. The summed E-state index contributed by atoms with van der Waals surface area (Å²) in [6.07, 6.45) is 7.86. The van der Waals surface area contributed by atoms with Crippen LogP contribution >= 0.6 is 0 Å². The van der Waals surface area contributed by atoms with Gasteiger partial charge in [0.15, 0.2) is 0 Å². The Balaban J connectivity index is 2.25. The molecule has 76 valence electrons.